The Hall–Kier alpha value is -2.14. The van der Waals surface area contributed by atoms with Gasteiger partial charge in [-0.15, -0.1) is 0 Å². The van der Waals surface area contributed by atoms with E-state index in [1.54, 1.807) is 6.33 Å². The van der Waals surface area contributed by atoms with Crippen molar-refractivity contribution in [1.82, 2.24) is 14.9 Å². The molecule has 2 atom stereocenters. The smallest absolute Gasteiger partial charge is 0.131 e. The number of piperazine rings is 1. The molecule has 0 bridgehead atoms. The molecular weight excluding hydrogens is 300 g/mol. The number of rotatable bonds is 4. The second kappa shape index (κ2) is 7.18. The van der Waals surface area contributed by atoms with E-state index in [2.05, 4.69) is 19.8 Å². The third-order valence-electron chi connectivity index (χ3n) is 5.12. The molecular formula is C19H24N4O. The fraction of sp³-hybridized carbons (Fsp3) is 0.474. The van der Waals surface area contributed by atoms with E-state index in [1.165, 1.54) is 12.8 Å². The molecule has 1 aromatic carbocycles. The molecule has 0 saturated carbocycles. The van der Waals surface area contributed by atoms with Gasteiger partial charge in [0.05, 0.1) is 6.61 Å². The number of para-hydroxylation sites is 1. The molecule has 0 radical (unpaired) electrons. The minimum Gasteiger partial charge on any atom is -0.493 e. The molecule has 0 spiro atoms. The van der Waals surface area contributed by atoms with Crippen LogP contribution in [0.5, 0.6) is 5.75 Å². The van der Waals surface area contributed by atoms with E-state index in [1.807, 2.05) is 42.6 Å². The molecule has 0 amide bonds. The molecule has 1 unspecified atom stereocenters. The topological polar surface area (TPSA) is 41.5 Å². The van der Waals surface area contributed by atoms with Crippen LogP contribution in [0.3, 0.4) is 0 Å². The highest BCUT2D eigenvalue weighted by Gasteiger charge is 2.33. The summed E-state index contributed by atoms with van der Waals surface area (Å²) < 4.78 is 5.96. The molecule has 2 aliphatic rings. The highest BCUT2D eigenvalue weighted by Crippen LogP contribution is 2.27. The monoisotopic (exact) mass is 324 g/mol. The van der Waals surface area contributed by atoms with E-state index in [4.69, 9.17) is 4.74 Å². The number of piperidine rings is 1. The van der Waals surface area contributed by atoms with Gasteiger partial charge >= 0.3 is 0 Å². The number of aromatic nitrogens is 2. The van der Waals surface area contributed by atoms with Gasteiger partial charge in [0.25, 0.3) is 0 Å². The largest absolute Gasteiger partial charge is 0.493 e. The molecule has 0 N–H and O–H groups in total. The molecule has 126 valence electrons. The predicted molar refractivity (Wildman–Crippen MR) is 94.3 cm³/mol. The third-order valence-corrected chi connectivity index (χ3v) is 5.12. The third kappa shape index (κ3) is 3.51. The molecule has 2 fully saturated rings. The minimum absolute atomic E-state index is 0.632. The van der Waals surface area contributed by atoms with Crippen LogP contribution in [0.25, 0.3) is 0 Å². The maximum absolute atomic E-state index is 5.96. The van der Waals surface area contributed by atoms with Crippen LogP contribution in [0.2, 0.25) is 0 Å². The first-order valence-electron chi connectivity index (χ1n) is 8.81. The van der Waals surface area contributed by atoms with Crippen LogP contribution >= 0.6 is 0 Å². The van der Waals surface area contributed by atoms with E-state index < -0.39 is 0 Å². The van der Waals surface area contributed by atoms with Crippen molar-refractivity contribution in [2.75, 3.05) is 37.7 Å². The Morgan fingerprint density at radius 2 is 1.96 bits per heavy atom. The van der Waals surface area contributed by atoms with Crippen LogP contribution in [0.1, 0.15) is 12.8 Å². The lowest BCUT2D eigenvalue weighted by atomic mass is 9.91. The van der Waals surface area contributed by atoms with Crippen LogP contribution < -0.4 is 9.64 Å². The summed E-state index contributed by atoms with van der Waals surface area (Å²) in [5.74, 6) is 2.67. The van der Waals surface area contributed by atoms with Gasteiger partial charge < -0.3 is 9.64 Å². The van der Waals surface area contributed by atoms with Crippen LogP contribution in [-0.2, 0) is 0 Å². The summed E-state index contributed by atoms with van der Waals surface area (Å²) in [4.78, 5) is 13.4. The number of hydrogen-bond acceptors (Lipinski definition) is 5. The van der Waals surface area contributed by atoms with Crippen LogP contribution in [0.4, 0.5) is 5.82 Å². The Morgan fingerprint density at radius 1 is 1.04 bits per heavy atom. The van der Waals surface area contributed by atoms with Gasteiger partial charge in [0.2, 0.25) is 0 Å². The average molecular weight is 324 g/mol. The zero-order chi connectivity index (χ0) is 16.2. The zero-order valence-electron chi connectivity index (χ0n) is 13.9. The molecule has 0 aliphatic carbocycles. The lowest BCUT2D eigenvalue weighted by Gasteiger charge is -2.46. The van der Waals surface area contributed by atoms with Crippen molar-refractivity contribution in [3.63, 3.8) is 0 Å². The Kier molecular flexibility index (Phi) is 4.60. The SMILES string of the molecule is c1ccc(OC[C@@H]2CCC3CN(c4ccncn4)CCN3C2)cc1. The van der Waals surface area contributed by atoms with Crippen molar-refractivity contribution in [3.8, 4) is 5.75 Å². The van der Waals surface area contributed by atoms with Gasteiger partial charge in [-0.05, 0) is 31.0 Å². The van der Waals surface area contributed by atoms with E-state index >= 15 is 0 Å². The van der Waals surface area contributed by atoms with Crippen molar-refractivity contribution in [3.05, 3.63) is 48.9 Å². The van der Waals surface area contributed by atoms with Gasteiger partial charge in [0, 0.05) is 44.3 Å². The second-order valence-electron chi connectivity index (χ2n) is 6.73. The van der Waals surface area contributed by atoms with Crippen LogP contribution in [-0.4, -0.2) is 53.7 Å². The van der Waals surface area contributed by atoms with Crippen LogP contribution in [0.15, 0.2) is 48.9 Å². The van der Waals surface area contributed by atoms with E-state index in [0.717, 1.165) is 44.4 Å². The summed E-state index contributed by atoms with van der Waals surface area (Å²) in [5, 5.41) is 0. The predicted octanol–water partition coefficient (Wildman–Crippen LogP) is 2.46. The second-order valence-corrected chi connectivity index (χ2v) is 6.73. The van der Waals surface area contributed by atoms with Gasteiger partial charge in [-0.2, -0.15) is 0 Å². The number of fused-ring (bicyclic) bond motifs is 1. The molecule has 24 heavy (non-hydrogen) atoms. The molecule has 5 heteroatoms. The van der Waals surface area contributed by atoms with Crippen molar-refractivity contribution >= 4 is 5.82 Å². The summed E-state index contributed by atoms with van der Waals surface area (Å²) in [7, 11) is 0. The van der Waals surface area contributed by atoms with Gasteiger partial charge in [-0.25, -0.2) is 9.97 Å². The summed E-state index contributed by atoms with van der Waals surface area (Å²) in [6, 6.07) is 12.8. The summed E-state index contributed by atoms with van der Waals surface area (Å²) >= 11 is 0. The normalized spacial score (nSPS) is 24.4. The molecule has 1 aromatic heterocycles. The highest BCUT2D eigenvalue weighted by atomic mass is 16.5. The molecule has 2 aliphatic heterocycles. The van der Waals surface area contributed by atoms with Crippen molar-refractivity contribution in [2.45, 2.75) is 18.9 Å². The quantitative estimate of drug-likeness (QED) is 0.864. The lowest BCUT2D eigenvalue weighted by molar-refractivity contribution is 0.0727. The highest BCUT2D eigenvalue weighted by molar-refractivity contribution is 5.37. The fourth-order valence-corrected chi connectivity index (χ4v) is 3.80. The lowest BCUT2D eigenvalue weighted by Crippen LogP contribution is -2.57. The standard InChI is InChI=1S/C19H24N4O/c1-2-4-18(5-3-1)24-14-16-6-7-17-13-23(11-10-22(17)12-16)19-8-9-20-15-21-19/h1-5,8-9,15-17H,6-7,10-14H2/t16-,17?/m1/s1. The Labute approximate surface area is 143 Å². The average Bonchev–Trinajstić information content (AvgIpc) is 2.67. The summed E-state index contributed by atoms with van der Waals surface area (Å²) in [6.45, 7) is 5.19. The van der Waals surface area contributed by atoms with Crippen molar-refractivity contribution in [1.29, 1.82) is 0 Å². The summed E-state index contributed by atoms with van der Waals surface area (Å²) in [5.41, 5.74) is 0. The fourth-order valence-electron chi connectivity index (χ4n) is 3.80. The maximum Gasteiger partial charge on any atom is 0.131 e. The van der Waals surface area contributed by atoms with Gasteiger partial charge in [-0.3, -0.25) is 4.90 Å². The van der Waals surface area contributed by atoms with Gasteiger partial charge in [0.15, 0.2) is 0 Å². The van der Waals surface area contributed by atoms with E-state index in [-0.39, 0.29) is 0 Å². The van der Waals surface area contributed by atoms with Crippen LogP contribution in [0, 0.1) is 5.92 Å². The molecule has 3 heterocycles. The maximum atomic E-state index is 5.96. The minimum atomic E-state index is 0.632. The first kappa shape index (κ1) is 15.4. The number of benzene rings is 1. The first-order chi connectivity index (χ1) is 11.9. The van der Waals surface area contributed by atoms with E-state index in [9.17, 15) is 0 Å². The number of anilines is 1. The molecule has 4 rings (SSSR count). The Bertz CT molecular complexity index is 636. The molecule has 2 saturated heterocycles. The number of hydrogen-bond donors (Lipinski definition) is 0. The molecule has 2 aromatic rings. The number of nitrogens with zero attached hydrogens (tertiary/aromatic N) is 4. The molecule has 5 nitrogen and oxygen atoms in total. The number of ether oxygens (including phenoxy) is 1. The Morgan fingerprint density at radius 3 is 2.79 bits per heavy atom. The first-order valence-corrected chi connectivity index (χ1v) is 8.81. The zero-order valence-corrected chi connectivity index (χ0v) is 13.9. The van der Waals surface area contributed by atoms with E-state index in [0.29, 0.717) is 12.0 Å². The van der Waals surface area contributed by atoms with Crippen molar-refractivity contribution in [2.24, 2.45) is 5.92 Å². The van der Waals surface area contributed by atoms with Gasteiger partial charge in [0.1, 0.15) is 17.9 Å². The summed E-state index contributed by atoms with van der Waals surface area (Å²) in [6.07, 6.45) is 5.95. The Balaban J connectivity index is 1.30. The van der Waals surface area contributed by atoms with Crippen molar-refractivity contribution < 1.29 is 4.74 Å². The van der Waals surface area contributed by atoms with Gasteiger partial charge in [-0.1, -0.05) is 18.2 Å².